The van der Waals surface area contributed by atoms with Crippen molar-refractivity contribution in [2.45, 2.75) is 45.6 Å². The summed E-state index contributed by atoms with van der Waals surface area (Å²) < 4.78 is 0. The van der Waals surface area contributed by atoms with E-state index in [0.29, 0.717) is 29.7 Å². The van der Waals surface area contributed by atoms with E-state index >= 15 is 0 Å². The number of amides is 1. The van der Waals surface area contributed by atoms with Crippen molar-refractivity contribution in [2.24, 2.45) is 5.41 Å². The zero-order chi connectivity index (χ0) is 22.2. The lowest BCUT2D eigenvalue weighted by atomic mass is 9.75. The maximum Gasteiger partial charge on any atom is 0.261 e. The molecule has 2 aromatic rings. The van der Waals surface area contributed by atoms with Gasteiger partial charge in [-0.1, -0.05) is 13.8 Å². The fourth-order valence-corrected chi connectivity index (χ4v) is 4.49. The van der Waals surface area contributed by atoms with Crippen LogP contribution < -0.4 is 15.8 Å². The lowest BCUT2D eigenvalue weighted by Crippen LogP contribution is -2.46. The van der Waals surface area contributed by atoms with Crippen molar-refractivity contribution in [3.05, 3.63) is 63.1 Å². The van der Waals surface area contributed by atoms with Gasteiger partial charge in [0.05, 0.1) is 11.6 Å². The Hall–Kier alpha value is -3.40. The van der Waals surface area contributed by atoms with Crippen LogP contribution in [0.4, 0.5) is 5.69 Å². The van der Waals surface area contributed by atoms with Crippen LogP contribution >= 0.6 is 0 Å². The number of nitriles is 1. The molecule has 0 radical (unpaired) electrons. The van der Waals surface area contributed by atoms with Crippen LogP contribution in [0.5, 0.6) is 0 Å². The van der Waals surface area contributed by atoms with Crippen molar-refractivity contribution < 1.29 is 9.59 Å². The van der Waals surface area contributed by atoms with Crippen molar-refractivity contribution in [3.63, 3.8) is 0 Å². The maximum atomic E-state index is 12.8. The molecule has 1 aliphatic heterocycles. The Bertz CT molecular complexity index is 1120. The van der Waals surface area contributed by atoms with Gasteiger partial charge in [-0.15, -0.1) is 0 Å². The number of nitrogens with one attached hydrogen (secondary N) is 2. The van der Waals surface area contributed by atoms with E-state index in [4.69, 9.17) is 5.26 Å². The standard InChI is InChI=1S/C24H26N4O3/c1-24(2)12-20-18(21(29)13-24)11-19(23(31)27-20)22(30)26-16-7-9-28(10-8-16)17-5-3-15(14-25)4-6-17/h3-6,11,16H,7-10,12-13H2,1-2H3,(H,26,30)(H,27,31). The summed E-state index contributed by atoms with van der Waals surface area (Å²) in [5.41, 5.74) is 2.12. The minimum Gasteiger partial charge on any atom is -0.371 e. The summed E-state index contributed by atoms with van der Waals surface area (Å²) in [5.74, 6) is -0.467. The second-order valence-electron chi connectivity index (χ2n) is 9.24. The third-order valence-corrected chi connectivity index (χ3v) is 6.15. The van der Waals surface area contributed by atoms with E-state index in [1.54, 1.807) is 12.1 Å². The number of H-pyrrole nitrogens is 1. The lowest BCUT2D eigenvalue weighted by Gasteiger charge is -2.34. The van der Waals surface area contributed by atoms with Gasteiger partial charge in [-0.2, -0.15) is 5.26 Å². The number of anilines is 1. The summed E-state index contributed by atoms with van der Waals surface area (Å²) in [7, 11) is 0. The van der Waals surface area contributed by atoms with E-state index in [1.165, 1.54) is 6.07 Å². The summed E-state index contributed by atoms with van der Waals surface area (Å²) in [6, 6.07) is 11.0. The van der Waals surface area contributed by atoms with Gasteiger partial charge in [0.2, 0.25) is 0 Å². The summed E-state index contributed by atoms with van der Waals surface area (Å²) in [4.78, 5) is 42.8. The van der Waals surface area contributed by atoms with E-state index in [2.05, 4.69) is 21.3 Å². The van der Waals surface area contributed by atoms with E-state index in [-0.39, 0.29) is 22.8 Å². The zero-order valence-electron chi connectivity index (χ0n) is 17.8. The average Bonchev–Trinajstić information content (AvgIpc) is 2.73. The number of carbonyl (C=O) groups excluding carboxylic acids is 2. The van der Waals surface area contributed by atoms with Crippen molar-refractivity contribution >= 4 is 17.4 Å². The molecule has 0 spiro atoms. The Balaban J connectivity index is 1.41. The second kappa shape index (κ2) is 8.03. The van der Waals surface area contributed by atoms with Crippen LogP contribution in [0.15, 0.2) is 35.1 Å². The number of aromatic nitrogens is 1. The van der Waals surface area contributed by atoms with Crippen LogP contribution in [0.1, 0.15) is 65.1 Å². The topological polar surface area (TPSA) is 106 Å². The highest BCUT2D eigenvalue weighted by Crippen LogP contribution is 2.33. The van der Waals surface area contributed by atoms with Gasteiger partial charge in [-0.05, 0) is 55.0 Å². The molecule has 0 atom stereocenters. The van der Waals surface area contributed by atoms with Gasteiger partial charge in [0, 0.05) is 42.5 Å². The fraction of sp³-hybridized carbons (Fsp3) is 0.417. The molecule has 2 N–H and O–H groups in total. The Morgan fingerprint density at radius 3 is 2.48 bits per heavy atom. The maximum absolute atomic E-state index is 12.8. The molecule has 0 unspecified atom stereocenters. The van der Waals surface area contributed by atoms with Gasteiger partial charge in [0.25, 0.3) is 11.5 Å². The summed E-state index contributed by atoms with van der Waals surface area (Å²) in [6.45, 7) is 5.53. The smallest absolute Gasteiger partial charge is 0.261 e. The predicted molar refractivity (Wildman–Crippen MR) is 117 cm³/mol. The van der Waals surface area contributed by atoms with Gasteiger partial charge in [0.15, 0.2) is 5.78 Å². The van der Waals surface area contributed by atoms with E-state index < -0.39 is 11.5 Å². The highest BCUT2D eigenvalue weighted by atomic mass is 16.2. The molecule has 1 saturated heterocycles. The first-order valence-electron chi connectivity index (χ1n) is 10.6. The van der Waals surface area contributed by atoms with E-state index in [0.717, 1.165) is 31.6 Å². The first-order chi connectivity index (χ1) is 14.8. The number of pyridine rings is 1. The minimum absolute atomic E-state index is 0.00123. The molecule has 1 amide bonds. The first-order valence-corrected chi connectivity index (χ1v) is 10.6. The molecular weight excluding hydrogens is 392 g/mol. The molecule has 2 heterocycles. The summed E-state index contributed by atoms with van der Waals surface area (Å²) >= 11 is 0. The van der Waals surface area contributed by atoms with E-state index in [1.807, 2.05) is 26.0 Å². The lowest BCUT2D eigenvalue weighted by molar-refractivity contribution is 0.0910. The molecule has 1 aliphatic carbocycles. The van der Waals surface area contributed by atoms with Crippen LogP contribution in [0.3, 0.4) is 0 Å². The van der Waals surface area contributed by atoms with Crippen LogP contribution in [-0.4, -0.2) is 35.8 Å². The number of nitrogens with zero attached hydrogens (tertiary/aromatic N) is 2. The monoisotopic (exact) mass is 418 g/mol. The highest BCUT2D eigenvalue weighted by molar-refractivity contribution is 6.02. The number of piperidine rings is 1. The van der Waals surface area contributed by atoms with Gasteiger partial charge in [0.1, 0.15) is 5.56 Å². The molecule has 1 aromatic carbocycles. The number of hydrogen-bond donors (Lipinski definition) is 2. The summed E-state index contributed by atoms with van der Waals surface area (Å²) in [5, 5.41) is 11.9. The van der Waals surface area contributed by atoms with Crippen molar-refractivity contribution in [1.29, 1.82) is 5.26 Å². The fourth-order valence-electron chi connectivity index (χ4n) is 4.49. The Labute approximate surface area is 181 Å². The van der Waals surface area contributed by atoms with Gasteiger partial charge in [-0.25, -0.2) is 0 Å². The van der Waals surface area contributed by atoms with Crippen LogP contribution in [0.2, 0.25) is 0 Å². The quantitative estimate of drug-likeness (QED) is 0.797. The SMILES string of the molecule is CC1(C)CC(=O)c2cc(C(=O)NC3CCN(c4ccc(C#N)cc4)CC3)c(=O)[nH]c2C1. The molecule has 0 bridgehead atoms. The zero-order valence-corrected chi connectivity index (χ0v) is 17.8. The van der Waals surface area contributed by atoms with Crippen molar-refractivity contribution in [3.8, 4) is 6.07 Å². The average molecular weight is 418 g/mol. The number of carbonyl (C=O) groups is 2. The highest BCUT2D eigenvalue weighted by Gasteiger charge is 2.33. The largest absolute Gasteiger partial charge is 0.371 e. The Morgan fingerprint density at radius 2 is 1.84 bits per heavy atom. The number of aromatic amines is 1. The third-order valence-electron chi connectivity index (χ3n) is 6.15. The van der Waals surface area contributed by atoms with E-state index in [9.17, 15) is 14.4 Å². The normalized spacial score (nSPS) is 18.2. The minimum atomic E-state index is -0.447. The molecule has 7 nitrogen and oxygen atoms in total. The first kappa shape index (κ1) is 20.9. The van der Waals surface area contributed by atoms with Crippen LogP contribution in [0, 0.1) is 16.7 Å². The molecule has 4 rings (SSSR count). The van der Waals surface area contributed by atoms with Crippen LogP contribution in [0.25, 0.3) is 0 Å². The number of rotatable bonds is 3. The molecule has 31 heavy (non-hydrogen) atoms. The van der Waals surface area contributed by atoms with Gasteiger partial charge in [-0.3, -0.25) is 14.4 Å². The molecule has 7 heteroatoms. The number of ketones is 1. The molecule has 0 saturated carbocycles. The molecule has 1 fully saturated rings. The van der Waals surface area contributed by atoms with Crippen molar-refractivity contribution in [2.75, 3.05) is 18.0 Å². The number of Topliss-reactive ketones (excluding diaryl/α,β-unsaturated/α-hetero) is 1. The van der Waals surface area contributed by atoms with Gasteiger partial charge < -0.3 is 15.2 Å². The predicted octanol–water partition coefficient (Wildman–Crippen LogP) is 2.80. The molecule has 1 aromatic heterocycles. The second-order valence-corrected chi connectivity index (χ2v) is 9.24. The van der Waals surface area contributed by atoms with Crippen LogP contribution in [-0.2, 0) is 6.42 Å². The van der Waals surface area contributed by atoms with Crippen molar-refractivity contribution in [1.82, 2.24) is 10.3 Å². The Kier molecular flexibility index (Phi) is 5.40. The summed E-state index contributed by atoms with van der Waals surface area (Å²) in [6.07, 6.45) is 2.52. The third kappa shape index (κ3) is 4.38. The van der Waals surface area contributed by atoms with Gasteiger partial charge >= 0.3 is 0 Å². The number of benzene rings is 1. The molecule has 160 valence electrons. The Morgan fingerprint density at radius 1 is 1.16 bits per heavy atom. The molecular formula is C24H26N4O3. The molecule has 2 aliphatic rings. The number of hydrogen-bond acceptors (Lipinski definition) is 5. The number of fused-ring (bicyclic) bond motifs is 1.